The van der Waals surface area contributed by atoms with E-state index in [1.807, 2.05) is 42.2 Å². The summed E-state index contributed by atoms with van der Waals surface area (Å²) in [5, 5.41) is 9.32. The smallest absolute Gasteiger partial charge is 0.247 e. The number of anilines is 1. The summed E-state index contributed by atoms with van der Waals surface area (Å²) in [4.78, 5) is 49.0. The first-order chi connectivity index (χ1) is 20.2. The van der Waals surface area contributed by atoms with Gasteiger partial charge in [-0.15, -0.1) is 11.8 Å². The molecular formula is C33H45N3O5S. The van der Waals surface area contributed by atoms with Crippen LogP contribution < -0.4 is 9.64 Å². The van der Waals surface area contributed by atoms with E-state index in [-0.39, 0.29) is 30.4 Å². The summed E-state index contributed by atoms with van der Waals surface area (Å²) in [5.41, 5.74) is 0.762. The summed E-state index contributed by atoms with van der Waals surface area (Å²) in [6.45, 7) is 10.2. The first-order valence-electron chi connectivity index (χ1n) is 15.5. The molecular weight excluding hydrogens is 550 g/mol. The van der Waals surface area contributed by atoms with Gasteiger partial charge in [-0.1, -0.05) is 37.6 Å². The minimum absolute atomic E-state index is 0.0219. The number of carbonyl (C=O) groups is 3. The number of benzene rings is 1. The molecule has 3 amide bonds. The average molecular weight is 596 g/mol. The zero-order valence-electron chi connectivity index (χ0n) is 25.3. The molecule has 2 unspecified atom stereocenters. The van der Waals surface area contributed by atoms with Crippen molar-refractivity contribution in [3.05, 3.63) is 48.6 Å². The van der Waals surface area contributed by atoms with Crippen molar-refractivity contribution in [2.24, 2.45) is 11.8 Å². The van der Waals surface area contributed by atoms with E-state index in [0.717, 1.165) is 30.7 Å². The molecule has 1 spiro atoms. The second-order valence-corrected chi connectivity index (χ2v) is 13.9. The predicted octanol–water partition coefficient (Wildman–Crippen LogP) is 4.43. The molecule has 2 fully saturated rings. The van der Waals surface area contributed by atoms with Gasteiger partial charge in [0.05, 0.1) is 23.2 Å². The van der Waals surface area contributed by atoms with Crippen LogP contribution in [0.25, 0.3) is 0 Å². The fraction of sp³-hybridized carbons (Fsp3) is 0.606. The molecule has 228 valence electrons. The molecule has 5 rings (SSSR count). The van der Waals surface area contributed by atoms with Gasteiger partial charge in [0.15, 0.2) is 0 Å². The number of carbonyl (C=O) groups excluding carboxylic acids is 3. The molecule has 6 atom stereocenters. The highest BCUT2D eigenvalue weighted by atomic mass is 32.2. The number of hydrogen-bond donors (Lipinski definition) is 1. The summed E-state index contributed by atoms with van der Waals surface area (Å²) < 4.78 is 4.12. The van der Waals surface area contributed by atoms with Crippen molar-refractivity contribution in [3.63, 3.8) is 0 Å². The third-order valence-corrected chi connectivity index (χ3v) is 11.1. The first kappa shape index (κ1) is 30.7. The molecule has 4 aliphatic rings. The Kier molecular flexibility index (Phi) is 9.09. The minimum atomic E-state index is -0.840. The maximum Gasteiger partial charge on any atom is 0.247 e. The number of amides is 3. The molecule has 4 heterocycles. The summed E-state index contributed by atoms with van der Waals surface area (Å²) in [7, 11) is 0. The predicted molar refractivity (Wildman–Crippen MR) is 166 cm³/mol. The van der Waals surface area contributed by atoms with Gasteiger partial charge < -0.3 is 24.5 Å². The Hall–Kier alpha value is -2.78. The lowest BCUT2D eigenvalue weighted by Crippen LogP contribution is -2.55. The van der Waals surface area contributed by atoms with Crippen LogP contribution in [0.4, 0.5) is 5.69 Å². The second kappa shape index (κ2) is 12.4. The third-order valence-electron chi connectivity index (χ3n) is 9.34. The van der Waals surface area contributed by atoms with Gasteiger partial charge in [0.25, 0.3) is 0 Å². The van der Waals surface area contributed by atoms with Crippen LogP contribution >= 0.6 is 11.8 Å². The quantitative estimate of drug-likeness (QED) is 0.301. The van der Waals surface area contributed by atoms with Crippen molar-refractivity contribution in [2.45, 2.75) is 81.4 Å². The molecule has 0 saturated carbocycles. The number of likely N-dealkylation sites (tertiary alicyclic amines) is 1. The normalized spacial score (nSPS) is 31.1. The SMILES string of the molecule is CCCC(C)N1CC=C[C@]23S[C@]4(C)C=CCN(c5ccc(OCC)cc5)C(=O)[C@@H]4[C@H]2C(=O)N(CCCCCO)C3C1=O. The lowest BCUT2D eigenvalue weighted by molar-refractivity contribution is -0.144. The Balaban J connectivity index is 1.55. The van der Waals surface area contributed by atoms with Gasteiger partial charge in [-0.2, -0.15) is 0 Å². The maximum atomic E-state index is 14.6. The molecule has 9 heteroatoms. The van der Waals surface area contributed by atoms with Crippen LogP contribution in [0.3, 0.4) is 0 Å². The number of unbranched alkanes of at least 4 members (excludes halogenated alkanes) is 2. The highest BCUT2D eigenvalue weighted by molar-refractivity contribution is 8.02. The van der Waals surface area contributed by atoms with Gasteiger partial charge in [0.2, 0.25) is 17.7 Å². The second-order valence-electron chi connectivity index (χ2n) is 12.1. The maximum absolute atomic E-state index is 14.6. The molecule has 0 bridgehead atoms. The molecule has 4 aliphatic heterocycles. The number of aliphatic hydroxyl groups excluding tert-OH is 1. The number of rotatable bonds is 11. The first-order valence-corrected chi connectivity index (χ1v) is 16.4. The largest absolute Gasteiger partial charge is 0.494 e. The van der Waals surface area contributed by atoms with Gasteiger partial charge in [-0.3, -0.25) is 14.4 Å². The Labute approximate surface area is 254 Å². The van der Waals surface area contributed by atoms with Crippen LogP contribution in [0.1, 0.15) is 59.8 Å². The van der Waals surface area contributed by atoms with Gasteiger partial charge in [-0.25, -0.2) is 0 Å². The lowest BCUT2D eigenvalue weighted by atomic mass is 9.74. The Bertz CT molecular complexity index is 1230. The van der Waals surface area contributed by atoms with Gasteiger partial charge >= 0.3 is 0 Å². The Morgan fingerprint density at radius 1 is 0.976 bits per heavy atom. The van der Waals surface area contributed by atoms with Gasteiger partial charge in [0, 0.05) is 42.7 Å². The van der Waals surface area contributed by atoms with Gasteiger partial charge in [0.1, 0.15) is 11.8 Å². The summed E-state index contributed by atoms with van der Waals surface area (Å²) in [5.74, 6) is -0.750. The van der Waals surface area contributed by atoms with Crippen LogP contribution in [0.2, 0.25) is 0 Å². The van der Waals surface area contributed by atoms with Crippen molar-refractivity contribution in [3.8, 4) is 5.75 Å². The van der Waals surface area contributed by atoms with Crippen molar-refractivity contribution in [2.75, 3.05) is 37.7 Å². The van der Waals surface area contributed by atoms with Crippen molar-refractivity contribution >= 4 is 35.2 Å². The van der Waals surface area contributed by atoms with E-state index < -0.39 is 27.4 Å². The molecule has 0 aromatic heterocycles. The molecule has 2 saturated heterocycles. The number of fused-ring (bicyclic) bond motifs is 2. The monoisotopic (exact) mass is 595 g/mol. The van der Waals surface area contributed by atoms with E-state index in [4.69, 9.17) is 4.74 Å². The van der Waals surface area contributed by atoms with Crippen LogP contribution in [0.5, 0.6) is 5.75 Å². The number of nitrogens with zero attached hydrogens (tertiary/aromatic N) is 3. The highest BCUT2D eigenvalue weighted by Crippen LogP contribution is 2.65. The van der Waals surface area contributed by atoms with E-state index in [0.29, 0.717) is 39.1 Å². The van der Waals surface area contributed by atoms with Crippen LogP contribution in [-0.2, 0) is 14.4 Å². The van der Waals surface area contributed by atoms with E-state index in [9.17, 15) is 19.5 Å². The standard InChI is InChI=1S/C33H45N3O5S/c1-5-12-23(3)34-20-11-18-33-27(30(39)36(28(33)31(34)40)19-8-7-9-22-37)26-29(38)35(21-10-17-32(26,4)42-33)24-13-15-25(16-14-24)41-6-2/h10-11,13-18,23,26-28,37H,5-9,12,19-22H2,1-4H3/t23?,26-,27-,28?,32+,33-/m0/s1. The molecule has 8 nitrogen and oxygen atoms in total. The molecule has 42 heavy (non-hydrogen) atoms. The molecule has 1 aromatic carbocycles. The fourth-order valence-corrected chi connectivity index (χ4v) is 9.60. The highest BCUT2D eigenvalue weighted by Gasteiger charge is 2.74. The molecule has 0 aliphatic carbocycles. The third kappa shape index (κ3) is 5.17. The van der Waals surface area contributed by atoms with Crippen molar-refractivity contribution in [1.29, 1.82) is 0 Å². The Morgan fingerprint density at radius 3 is 2.40 bits per heavy atom. The summed E-state index contributed by atoms with van der Waals surface area (Å²) in [6.07, 6.45) is 12.3. The zero-order chi connectivity index (χ0) is 30.1. The lowest BCUT2D eigenvalue weighted by Gasteiger charge is -2.38. The molecule has 1 aromatic rings. The van der Waals surface area contributed by atoms with Crippen LogP contribution in [0, 0.1) is 11.8 Å². The topological polar surface area (TPSA) is 90.4 Å². The fourth-order valence-electron chi connectivity index (χ4n) is 7.44. The van der Waals surface area contributed by atoms with E-state index >= 15 is 0 Å². The average Bonchev–Trinajstić information content (AvgIpc) is 3.22. The van der Waals surface area contributed by atoms with Crippen LogP contribution in [0.15, 0.2) is 48.6 Å². The molecule has 1 N–H and O–H groups in total. The number of aliphatic hydroxyl groups is 1. The van der Waals surface area contributed by atoms with Gasteiger partial charge in [-0.05, 0) is 70.7 Å². The molecule has 0 radical (unpaired) electrons. The van der Waals surface area contributed by atoms with E-state index in [1.165, 1.54) is 0 Å². The van der Waals surface area contributed by atoms with Crippen molar-refractivity contribution < 1.29 is 24.2 Å². The Morgan fingerprint density at radius 2 is 1.71 bits per heavy atom. The summed E-state index contributed by atoms with van der Waals surface area (Å²) >= 11 is 1.63. The van der Waals surface area contributed by atoms with E-state index in [2.05, 4.69) is 39.0 Å². The number of thioether (sulfide) groups is 1. The number of hydrogen-bond acceptors (Lipinski definition) is 6. The van der Waals surface area contributed by atoms with Crippen molar-refractivity contribution in [1.82, 2.24) is 9.80 Å². The summed E-state index contributed by atoms with van der Waals surface area (Å²) in [6, 6.07) is 6.91. The zero-order valence-corrected chi connectivity index (χ0v) is 26.1. The van der Waals surface area contributed by atoms with Crippen LogP contribution in [-0.4, -0.2) is 87.1 Å². The van der Waals surface area contributed by atoms with E-state index in [1.54, 1.807) is 21.6 Å². The number of ether oxygens (including phenoxy) is 1. The minimum Gasteiger partial charge on any atom is -0.494 e.